The van der Waals surface area contributed by atoms with E-state index in [4.69, 9.17) is 9.88 Å². The lowest BCUT2D eigenvalue weighted by molar-refractivity contribution is -0.247. The summed E-state index contributed by atoms with van der Waals surface area (Å²) < 4.78 is 31.0. The van der Waals surface area contributed by atoms with Crippen molar-refractivity contribution in [3.63, 3.8) is 0 Å². The molecular weight excluding hydrogens is 659 g/mol. The Kier molecular flexibility index (Phi) is 9.32. The molecule has 0 bridgehead atoms. The summed E-state index contributed by atoms with van der Waals surface area (Å²) in [5.41, 5.74) is 0.494. The van der Waals surface area contributed by atoms with Crippen LogP contribution in [0.15, 0.2) is 41.3 Å². The lowest BCUT2D eigenvalue weighted by atomic mass is 9.32. The van der Waals surface area contributed by atoms with Gasteiger partial charge in [0.25, 0.3) is 0 Å². The van der Waals surface area contributed by atoms with Crippen LogP contribution in [0, 0.1) is 73.9 Å². The third-order valence-electron chi connectivity index (χ3n) is 16.1. The Morgan fingerprint density at radius 3 is 2.27 bits per heavy atom. The molecule has 280 valence electrons. The number of allylic oxidation sites excluding steroid dienone is 1. The first kappa shape index (κ1) is 38.1. The third-order valence-corrected chi connectivity index (χ3v) is 17.1. The van der Waals surface area contributed by atoms with E-state index in [1.54, 1.807) is 32.0 Å². The van der Waals surface area contributed by atoms with Gasteiger partial charge in [-0.15, -0.1) is 0 Å². The minimum atomic E-state index is -3.89. The Morgan fingerprint density at radius 1 is 0.941 bits per heavy atom. The second kappa shape index (κ2) is 12.5. The molecule has 4 unspecified atom stereocenters. The number of sulfonamides is 1. The highest BCUT2D eigenvalue weighted by atomic mass is 32.2. The van der Waals surface area contributed by atoms with Crippen LogP contribution in [0.1, 0.15) is 132 Å². The average Bonchev–Trinajstić information content (AvgIpc) is 3.41. The van der Waals surface area contributed by atoms with Gasteiger partial charge in [-0.25, -0.2) is 13.6 Å². The van der Waals surface area contributed by atoms with Crippen molar-refractivity contribution in [2.24, 2.45) is 67.2 Å². The Labute approximate surface area is 307 Å². The van der Waals surface area contributed by atoms with Crippen LogP contribution in [0.3, 0.4) is 0 Å². The summed E-state index contributed by atoms with van der Waals surface area (Å²) in [6, 6.07) is 6.85. The second-order valence-corrected chi connectivity index (χ2v) is 20.9. The van der Waals surface area contributed by atoms with Crippen LogP contribution >= 0.6 is 0 Å². The molecule has 7 nitrogen and oxygen atoms in total. The van der Waals surface area contributed by atoms with E-state index in [0.717, 1.165) is 64.2 Å². The van der Waals surface area contributed by atoms with Crippen molar-refractivity contribution in [3.05, 3.63) is 42.0 Å². The predicted octanol–water partition coefficient (Wildman–Crippen LogP) is 8.76. The average molecular weight is 720 g/mol. The van der Waals surface area contributed by atoms with Gasteiger partial charge < -0.3 is 9.84 Å². The van der Waals surface area contributed by atoms with Crippen molar-refractivity contribution in [2.45, 2.75) is 137 Å². The number of carboxylic acids is 1. The number of esters is 1. The third kappa shape index (κ3) is 5.92. The molecule has 0 spiro atoms. The minimum absolute atomic E-state index is 0.0927. The summed E-state index contributed by atoms with van der Waals surface area (Å²) in [7, 11) is -3.89. The van der Waals surface area contributed by atoms with Crippen molar-refractivity contribution >= 4 is 22.0 Å². The zero-order valence-corrected chi connectivity index (χ0v) is 33.0. The fourth-order valence-electron chi connectivity index (χ4n) is 13.2. The predicted molar refractivity (Wildman–Crippen MR) is 200 cm³/mol. The molecule has 8 heteroatoms. The van der Waals surface area contributed by atoms with Crippen molar-refractivity contribution in [1.82, 2.24) is 0 Å². The van der Waals surface area contributed by atoms with Crippen molar-refractivity contribution in [1.29, 1.82) is 0 Å². The fourth-order valence-corrected chi connectivity index (χ4v) is 13.9. The molecule has 0 saturated heterocycles. The highest BCUT2D eigenvalue weighted by molar-refractivity contribution is 7.89. The lowest BCUT2D eigenvalue weighted by Crippen LogP contribution is -2.66. The smallest absolute Gasteiger partial charge is 0.309 e. The van der Waals surface area contributed by atoms with Gasteiger partial charge in [-0.2, -0.15) is 0 Å². The first-order valence-corrected chi connectivity index (χ1v) is 20.8. The van der Waals surface area contributed by atoms with E-state index in [0.29, 0.717) is 35.2 Å². The number of primary sulfonamides is 1. The van der Waals surface area contributed by atoms with Gasteiger partial charge >= 0.3 is 11.9 Å². The van der Waals surface area contributed by atoms with Gasteiger partial charge in [-0.05, 0) is 143 Å². The molecule has 3 N–H and O–H groups in total. The van der Waals surface area contributed by atoms with Gasteiger partial charge in [0.2, 0.25) is 10.0 Å². The number of aliphatic carboxylic acids is 1. The number of hydrogen-bond acceptors (Lipinski definition) is 5. The quantitative estimate of drug-likeness (QED) is 0.172. The van der Waals surface area contributed by atoms with Gasteiger partial charge in [-0.3, -0.25) is 9.59 Å². The van der Waals surface area contributed by atoms with Gasteiger partial charge in [0.15, 0.2) is 0 Å². The molecule has 0 aliphatic heterocycles. The first-order valence-electron chi connectivity index (χ1n) is 19.3. The number of nitrogens with two attached hydrogens (primary N) is 1. The van der Waals surface area contributed by atoms with Gasteiger partial charge in [0.05, 0.1) is 16.7 Å². The zero-order valence-electron chi connectivity index (χ0n) is 32.2. The number of hydrogen-bond donors (Lipinski definition) is 2. The highest BCUT2D eigenvalue weighted by Crippen LogP contribution is 2.77. The molecule has 1 aromatic rings. The lowest BCUT2D eigenvalue weighted by Gasteiger charge is -2.72. The summed E-state index contributed by atoms with van der Waals surface area (Å²) in [4.78, 5) is 24.9. The van der Waals surface area contributed by atoms with Crippen molar-refractivity contribution in [2.75, 3.05) is 0 Å². The van der Waals surface area contributed by atoms with Crippen LogP contribution in [-0.2, 0) is 24.3 Å². The molecule has 0 aromatic heterocycles. The van der Waals surface area contributed by atoms with Crippen LogP contribution in [0.5, 0.6) is 0 Å². The molecule has 5 fully saturated rings. The van der Waals surface area contributed by atoms with Gasteiger partial charge in [0.1, 0.15) is 6.10 Å². The minimum Gasteiger partial charge on any atom is -0.481 e. The SMILES string of the molecule is C=C(C)[C@@H]1CC[C@]2(C#Cc3ccccc3S(N)(=O)=O)CC[C@]3(C)C(CCC4[C@@]5(C)CC[C@H](OC(=O)CC(C)(C)C(=O)O)C(C)(C)C5CC[C@]43C)C12. The molecule has 10 atom stereocenters. The van der Waals surface area contributed by atoms with Crippen LogP contribution in [0.4, 0.5) is 0 Å². The number of carboxylic acid groups (broad SMARTS) is 1. The first-order chi connectivity index (χ1) is 23.5. The van der Waals surface area contributed by atoms with E-state index in [1.807, 2.05) is 6.07 Å². The number of carbonyl (C=O) groups is 2. The zero-order chi connectivity index (χ0) is 37.6. The molecular formula is C43H61NO6S. The van der Waals surface area contributed by atoms with E-state index in [2.05, 4.69) is 60.0 Å². The van der Waals surface area contributed by atoms with E-state index >= 15 is 0 Å². The van der Waals surface area contributed by atoms with Crippen LogP contribution in [-0.4, -0.2) is 31.6 Å². The number of benzene rings is 1. The van der Waals surface area contributed by atoms with E-state index in [9.17, 15) is 23.1 Å². The highest BCUT2D eigenvalue weighted by Gasteiger charge is 2.71. The molecule has 1 aromatic carbocycles. The Hall–Kier alpha value is -2.63. The molecule has 5 aliphatic carbocycles. The van der Waals surface area contributed by atoms with E-state index in [1.165, 1.54) is 5.57 Å². The van der Waals surface area contributed by atoms with Crippen molar-refractivity contribution < 1.29 is 27.9 Å². The molecule has 6 rings (SSSR count). The second-order valence-electron chi connectivity index (χ2n) is 19.3. The summed E-state index contributed by atoms with van der Waals surface area (Å²) in [5, 5.41) is 15.2. The number of rotatable bonds is 6. The van der Waals surface area contributed by atoms with Crippen LogP contribution in [0.2, 0.25) is 0 Å². The molecule has 5 saturated carbocycles. The largest absolute Gasteiger partial charge is 0.481 e. The van der Waals surface area contributed by atoms with Gasteiger partial charge in [-0.1, -0.05) is 70.7 Å². The maximum Gasteiger partial charge on any atom is 0.309 e. The number of ether oxygens (including phenoxy) is 1. The van der Waals surface area contributed by atoms with Gasteiger partial charge in [0, 0.05) is 16.4 Å². The topological polar surface area (TPSA) is 124 Å². The van der Waals surface area contributed by atoms with E-state index < -0.39 is 27.4 Å². The monoisotopic (exact) mass is 719 g/mol. The molecule has 0 amide bonds. The number of fused-ring (bicyclic) bond motifs is 7. The molecule has 5 aliphatic rings. The summed E-state index contributed by atoms with van der Waals surface area (Å²) in [6.45, 7) is 22.2. The molecule has 0 heterocycles. The van der Waals surface area contributed by atoms with E-state index in [-0.39, 0.29) is 44.5 Å². The summed E-state index contributed by atoms with van der Waals surface area (Å²) in [5.74, 6) is 7.91. The molecule has 51 heavy (non-hydrogen) atoms. The van der Waals surface area contributed by atoms with Crippen molar-refractivity contribution in [3.8, 4) is 11.8 Å². The standard InChI is InChI=1S/C43H61NO6S/c1-27(2)29-17-23-43(22-16-28-12-10-11-13-31(28)51(44,48)49)25-24-41(8)30(36(29)43)14-15-33-40(7)20-19-34(50-35(45)26-38(3,4)37(46)47)39(5,6)32(40)18-21-42(33,41)9/h10-13,29-30,32-34,36H,1,14-15,17-21,23-26H2,2-9H3,(H,46,47)(H2,44,48,49)/t29-,30?,32?,33?,34-,36?,40-,41+,42+,43+/m0/s1. The Balaban J connectivity index is 1.30. The maximum atomic E-state index is 13.1. The fraction of sp³-hybridized carbons (Fsp3) is 0.721. The Morgan fingerprint density at radius 2 is 1.63 bits per heavy atom. The van der Waals surface area contributed by atoms with Crippen LogP contribution < -0.4 is 5.14 Å². The summed E-state index contributed by atoms with van der Waals surface area (Å²) in [6.07, 6.45) is 10.1. The normalized spacial score (nSPS) is 39.9. The number of carbonyl (C=O) groups excluding carboxylic acids is 1. The Bertz CT molecular complexity index is 1790. The summed E-state index contributed by atoms with van der Waals surface area (Å²) >= 11 is 0. The van der Waals surface area contributed by atoms with Crippen LogP contribution in [0.25, 0.3) is 0 Å². The maximum absolute atomic E-state index is 13.1. The molecule has 0 radical (unpaired) electrons.